The highest BCUT2D eigenvalue weighted by Crippen LogP contribution is 2.08. The molecule has 0 bridgehead atoms. The van der Waals surface area contributed by atoms with Crippen molar-refractivity contribution in [2.75, 3.05) is 39.3 Å². The van der Waals surface area contributed by atoms with Crippen molar-refractivity contribution in [2.24, 2.45) is 10.7 Å². The van der Waals surface area contributed by atoms with E-state index >= 15 is 0 Å². The van der Waals surface area contributed by atoms with E-state index < -0.39 is 0 Å². The van der Waals surface area contributed by atoms with Crippen molar-refractivity contribution in [1.82, 2.24) is 9.80 Å². The fourth-order valence-corrected chi connectivity index (χ4v) is 2.31. The number of likely N-dealkylation sites (tertiary alicyclic amines) is 1. The van der Waals surface area contributed by atoms with Gasteiger partial charge in [0.1, 0.15) is 0 Å². The molecule has 17 heavy (non-hydrogen) atoms. The molecule has 1 fully saturated rings. The Balaban J connectivity index is 2.26. The SMILES string of the molecule is CCN(CC)C(N)=NCCN1CCCCCC1. The summed E-state index contributed by atoms with van der Waals surface area (Å²) in [6.07, 6.45) is 5.47. The summed E-state index contributed by atoms with van der Waals surface area (Å²) in [5, 5.41) is 0. The lowest BCUT2D eigenvalue weighted by atomic mass is 10.2. The van der Waals surface area contributed by atoms with Gasteiger partial charge >= 0.3 is 0 Å². The molecule has 1 heterocycles. The molecule has 1 saturated heterocycles. The third kappa shape index (κ3) is 5.39. The molecule has 0 amide bonds. The Morgan fingerprint density at radius 2 is 1.71 bits per heavy atom. The first-order valence-electron chi connectivity index (χ1n) is 7.05. The first-order valence-corrected chi connectivity index (χ1v) is 7.05. The van der Waals surface area contributed by atoms with Crippen LogP contribution in [-0.2, 0) is 0 Å². The normalized spacial score (nSPS) is 19.1. The second kappa shape index (κ2) is 8.34. The van der Waals surface area contributed by atoms with Crippen LogP contribution in [0.15, 0.2) is 4.99 Å². The van der Waals surface area contributed by atoms with E-state index in [1.54, 1.807) is 0 Å². The lowest BCUT2D eigenvalue weighted by molar-refractivity contribution is 0.293. The molecule has 0 aromatic carbocycles. The van der Waals surface area contributed by atoms with E-state index in [-0.39, 0.29) is 0 Å². The van der Waals surface area contributed by atoms with E-state index in [2.05, 4.69) is 28.6 Å². The Morgan fingerprint density at radius 3 is 2.24 bits per heavy atom. The number of guanidine groups is 1. The predicted molar refractivity (Wildman–Crippen MR) is 74.3 cm³/mol. The van der Waals surface area contributed by atoms with Crippen LogP contribution in [0.3, 0.4) is 0 Å². The number of hydrogen-bond donors (Lipinski definition) is 1. The number of nitrogens with zero attached hydrogens (tertiary/aromatic N) is 3. The van der Waals surface area contributed by atoms with Gasteiger partial charge in [-0.3, -0.25) is 4.99 Å². The number of rotatable bonds is 5. The molecule has 0 aromatic heterocycles. The van der Waals surface area contributed by atoms with E-state index in [1.807, 2.05) is 0 Å². The molecule has 0 radical (unpaired) electrons. The van der Waals surface area contributed by atoms with Crippen LogP contribution < -0.4 is 5.73 Å². The molecule has 0 saturated carbocycles. The maximum absolute atomic E-state index is 5.94. The van der Waals surface area contributed by atoms with Gasteiger partial charge in [0.2, 0.25) is 0 Å². The zero-order valence-electron chi connectivity index (χ0n) is 11.5. The van der Waals surface area contributed by atoms with Gasteiger partial charge in [0.15, 0.2) is 5.96 Å². The van der Waals surface area contributed by atoms with E-state index in [0.29, 0.717) is 5.96 Å². The molecule has 2 N–H and O–H groups in total. The summed E-state index contributed by atoms with van der Waals surface area (Å²) in [6.45, 7) is 10.5. The van der Waals surface area contributed by atoms with Crippen molar-refractivity contribution < 1.29 is 0 Å². The highest BCUT2D eigenvalue weighted by Gasteiger charge is 2.08. The Labute approximate surface area is 106 Å². The second-order valence-corrected chi connectivity index (χ2v) is 4.67. The molecular weight excluding hydrogens is 212 g/mol. The van der Waals surface area contributed by atoms with Crippen molar-refractivity contribution in [3.8, 4) is 0 Å². The summed E-state index contributed by atoms with van der Waals surface area (Å²) in [7, 11) is 0. The van der Waals surface area contributed by atoms with Crippen molar-refractivity contribution in [2.45, 2.75) is 39.5 Å². The maximum atomic E-state index is 5.94. The molecule has 1 aliphatic rings. The van der Waals surface area contributed by atoms with Crippen LogP contribution in [0.4, 0.5) is 0 Å². The van der Waals surface area contributed by atoms with Gasteiger partial charge < -0.3 is 15.5 Å². The zero-order chi connectivity index (χ0) is 12.5. The van der Waals surface area contributed by atoms with Crippen LogP contribution >= 0.6 is 0 Å². The molecule has 0 aromatic rings. The molecule has 0 unspecified atom stereocenters. The summed E-state index contributed by atoms with van der Waals surface area (Å²) < 4.78 is 0. The third-order valence-corrected chi connectivity index (χ3v) is 3.48. The van der Waals surface area contributed by atoms with Crippen molar-refractivity contribution in [3.05, 3.63) is 0 Å². The topological polar surface area (TPSA) is 44.9 Å². The lowest BCUT2D eigenvalue weighted by Gasteiger charge is -2.21. The molecule has 0 aliphatic carbocycles. The van der Waals surface area contributed by atoms with E-state index in [9.17, 15) is 0 Å². The molecule has 4 nitrogen and oxygen atoms in total. The molecule has 0 spiro atoms. The highest BCUT2D eigenvalue weighted by atomic mass is 15.2. The molecule has 100 valence electrons. The molecule has 0 atom stereocenters. The van der Waals surface area contributed by atoms with Gasteiger partial charge in [0.05, 0.1) is 6.54 Å². The van der Waals surface area contributed by atoms with Gasteiger partial charge in [-0.1, -0.05) is 12.8 Å². The van der Waals surface area contributed by atoms with Gasteiger partial charge in [-0.05, 0) is 39.8 Å². The van der Waals surface area contributed by atoms with Crippen LogP contribution in [-0.4, -0.2) is 55.0 Å². The summed E-state index contributed by atoms with van der Waals surface area (Å²) >= 11 is 0. The van der Waals surface area contributed by atoms with Crippen LogP contribution in [0, 0.1) is 0 Å². The fraction of sp³-hybridized carbons (Fsp3) is 0.923. The van der Waals surface area contributed by atoms with Crippen LogP contribution in [0.25, 0.3) is 0 Å². The van der Waals surface area contributed by atoms with Gasteiger partial charge in [-0.2, -0.15) is 0 Å². The van der Waals surface area contributed by atoms with Gasteiger partial charge in [-0.15, -0.1) is 0 Å². The first kappa shape index (κ1) is 14.3. The zero-order valence-corrected chi connectivity index (χ0v) is 11.5. The molecular formula is C13H28N4. The van der Waals surface area contributed by atoms with Crippen molar-refractivity contribution >= 4 is 5.96 Å². The predicted octanol–water partition coefficient (Wildman–Crippen LogP) is 1.52. The average Bonchev–Trinajstić information content (AvgIpc) is 2.59. The Morgan fingerprint density at radius 1 is 1.12 bits per heavy atom. The number of aliphatic imine (C=N–C) groups is 1. The van der Waals surface area contributed by atoms with Gasteiger partial charge in [0.25, 0.3) is 0 Å². The second-order valence-electron chi connectivity index (χ2n) is 4.67. The van der Waals surface area contributed by atoms with E-state index in [1.165, 1.54) is 38.8 Å². The van der Waals surface area contributed by atoms with E-state index in [4.69, 9.17) is 5.73 Å². The van der Waals surface area contributed by atoms with Crippen molar-refractivity contribution in [3.63, 3.8) is 0 Å². The smallest absolute Gasteiger partial charge is 0.191 e. The summed E-state index contributed by atoms with van der Waals surface area (Å²) in [6, 6.07) is 0. The Hall–Kier alpha value is -0.770. The van der Waals surface area contributed by atoms with Gasteiger partial charge in [0, 0.05) is 19.6 Å². The highest BCUT2D eigenvalue weighted by molar-refractivity contribution is 5.77. The lowest BCUT2D eigenvalue weighted by Crippen LogP contribution is -2.37. The number of nitrogens with two attached hydrogens (primary N) is 1. The third-order valence-electron chi connectivity index (χ3n) is 3.48. The quantitative estimate of drug-likeness (QED) is 0.585. The van der Waals surface area contributed by atoms with Crippen LogP contribution in [0.1, 0.15) is 39.5 Å². The summed E-state index contributed by atoms with van der Waals surface area (Å²) in [5.74, 6) is 0.699. The molecule has 4 heteroatoms. The monoisotopic (exact) mass is 240 g/mol. The minimum Gasteiger partial charge on any atom is -0.370 e. The fourth-order valence-electron chi connectivity index (χ4n) is 2.31. The number of hydrogen-bond acceptors (Lipinski definition) is 2. The standard InChI is InChI=1S/C13H28N4/c1-3-17(4-2)13(14)15-9-12-16-10-7-5-6-8-11-16/h3-12H2,1-2H3,(H2,14,15). The van der Waals surface area contributed by atoms with Gasteiger partial charge in [-0.25, -0.2) is 0 Å². The van der Waals surface area contributed by atoms with Crippen molar-refractivity contribution in [1.29, 1.82) is 0 Å². The van der Waals surface area contributed by atoms with E-state index in [0.717, 1.165) is 26.2 Å². The first-order chi connectivity index (χ1) is 8.27. The average molecular weight is 240 g/mol. The largest absolute Gasteiger partial charge is 0.370 e. The Kier molecular flexibility index (Phi) is 7.01. The minimum absolute atomic E-state index is 0.699. The molecule has 1 aliphatic heterocycles. The van der Waals surface area contributed by atoms with Crippen LogP contribution in [0.2, 0.25) is 0 Å². The van der Waals surface area contributed by atoms with Crippen LogP contribution in [0.5, 0.6) is 0 Å². The maximum Gasteiger partial charge on any atom is 0.191 e. The summed E-state index contributed by atoms with van der Waals surface area (Å²) in [4.78, 5) is 9.09. The Bertz CT molecular complexity index is 215. The summed E-state index contributed by atoms with van der Waals surface area (Å²) in [5.41, 5.74) is 5.94. The molecule has 1 rings (SSSR count). The minimum atomic E-state index is 0.699.